The van der Waals surface area contributed by atoms with Crippen molar-refractivity contribution in [3.05, 3.63) is 35.9 Å². The summed E-state index contributed by atoms with van der Waals surface area (Å²) in [4.78, 5) is 2.60. The minimum Gasteiger partial charge on any atom is -0.380 e. The van der Waals surface area contributed by atoms with E-state index in [1.54, 1.807) is 7.11 Å². The van der Waals surface area contributed by atoms with Gasteiger partial charge in [-0.05, 0) is 25.3 Å². The smallest absolute Gasteiger partial charge is 0.0670 e. The highest BCUT2D eigenvalue weighted by Gasteiger charge is 2.37. The molecule has 0 aromatic heterocycles. The molecule has 1 fully saturated rings. The highest BCUT2D eigenvalue weighted by Crippen LogP contribution is 2.30. The van der Waals surface area contributed by atoms with Gasteiger partial charge in [-0.1, -0.05) is 44.2 Å². The second-order valence-electron chi connectivity index (χ2n) is 6.27. The second kappa shape index (κ2) is 7.39. The fraction of sp³-hybridized carbons (Fsp3) is 0.667. The van der Waals surface area contributed by atoms with E-state index in [1.807, 2.05) is 0 Å². The second-order valence-corrected chi connectivity index (χ2v) is 6.27. The average molecular weight is 290 g/mol. The normalized spacial score (nSPS) is 23.9. The molecule has 1 aromatic carbocycles. The van der Waals surface area contributed by atoms with Crippen molar-refractivity contribution in [2.24, 2.45) is 0 Å². The zero-order valence-electron chi connectivity index (χ0n) is 13.9. The Hall–Kier alpha value is -0.900. The molecule has 1 N–H and O–H groups in total. The van der Waals surface area contributed by atoms with E-state index in [0.29, 0.717) is 6.04 Å². The van der Waals surface area contributed by atoms with Gasteiger partial charge in [0.25, 0.3) is 0 Å². The van der Waals surface area contributed by atoms with E-state index in [2.05, 4.69) is 61.3 Å². The fourth-order valence-corrected chi connectivity index (χ4v) is 3.32. The van der Waals surface area contributed by atoms with Gasteiger partial charge in [0, 0.05) is 38.3 Å². The summed E-state index contributed by atoms with van der Waals surface area (Å²) in [7, 11) is 1.80. The summed E-state index contributed by atoms with van der Waals surface area (Å²) in [5.74, 6) is 0. The molecule has 2 unspecified atom stereocenters. The van der Waals surface area contributed by atoms with Crippen LogP contribution in [0, 0.1) is 0 Å². The maximum Gasteiger partial charge on any atom is 0.0670 e. The number of hydrogen-bond donors (Lipinski definition) is 1. The van der Waals surface area contributed by atoms with Crippen molar-refractivity contribution in [1.29, 1.82) is 0 Å². The average Bonchev–Trinajstić information content (AvgIpc) is 2.55. The summed E-state index contributed by atoms with van der Waals surface area (Å²) < 4.78 is 5.51. The highest BCUT2D eigenvalue weighted by atomic mass is 16.5. The highest BCUT2D eigenvalue weighted by molar-refractivity contribution is 5.21. The van der Waals surface area contributed by atoms with E-state index >= 15 is 0 Å². The number of nitrogens with one attached hydrogen (secondary N) is 1. The van der Waals surface area contributed by atoms with E-state index in [-0.39, 0.29) is 11.6 Å². The summed E-state index contributed by atoms with van der Waals surface area (Å²) in [6, 6.07) is 11.3. The minimum absolute atomic E-state index is 0.249. The van der Waals surface area contributed by atoms with Crippen LogP contribution in [0.2, 0.25) is 0 Å². The number of nitrogens with zero attached hydrogens (tertiary/aromatic N) is 1. The molecule has 21 heavy (non-hydrogen) atoms. The van der Waals surface area contributed by atoms with Crippen LogP contribution in [0.4, 0.5) is 0 Å². The van der Waals surface area contributed by atoms with Crippen molar-refractivity contribution in [3.63, 3.8) is 0 Å². The molecule has 0 aliphatic carbocycles. The topological polar surface area (TPSA) is 24.5 Å². The van der Waals surface area contributed by atoms with Gasteiger partial charge in [0.2, 0.25) is 0 Å². The number of ether oxygens (including phenoxy) is 1. The van der Waals surface area contributed by atoms with Crippen molar-refractivity contribution < 1.29 is 4.74 Å². The van der Waals surface area contributed by atoms with Crippen LogP contribution in [-0.4, -0.2) is 43.3 Å². The number of methoxy groups -OCH3 is 1. The molecule has 0 bridgehead atoms. The van der Waals surface area contributed by atoms with Crippen molar-refractivity contribution in [2.45, 2.75) is 51.3 Å². The van der Waals surface area contributed by atoms with Crippen LogP contribution in [0.3, 0.4) is 0 Å². The van der Waals surface area contributed by atoms with Crippen LogP contribution in [0.1, 0.15) is 45.2 Å². The molecule has 1 heterocycles. The lowest BCUT2D eigenvalue weighted by Gasteiger charge is -2.48. The molecule has 2 atom stereocenters. The molecule has 1 aliphatic rings. The van der Waals surface area contributed by atoms with Gasteiger partial charge in [0.05, 0.1) is 6.10 Å². The van der Waals surface area contributed by atoms with Crippen molar-refractivity contribution in [1.82, 2.24) is 10.2 Å². The molecule has 3 heteroatoms. The summed E-state index contributed by atoms with van der Waals surface area (Å²) in [6.45, 7) is 9.83. The Labute approximate surface area is 129 Å². The fourth-order valence-electron chi connectivity index (χ4n) is 3.32. The van der Waals surface area contributed by atoms with Crippen LogP contribution >= 0.6 is 0 Å². The van der Waals surface area contributed by atoms with Gasteiger partial charge in [0.15, 0.2) is 0 Å². The first-order valence-corrected chi connectivity index (χ1v) is 8.21. The number of piperazine rings is 1. The zero-order chi connectivity index (χ0) is 15.3. The lowest BCUT2D eigenvalue weighted by atomic mass is 9.87. The minimum atomic E-state index is 0.249. The van der Waals surface area contributed by atoms with E-state index in [0.717, 1.165) is 19.6 Å². The molecule has 3 nitrogen and oxygen atoms in total. The summed E-state index contributed by atoms with van der Waals surface area (Å²) >= 11 is 0. The lowest BCUT2D eigenvalue weighted by molar-refractivity contribution is 0.0172. The molecule has 2 rings (SSSR count). The molecule has 118 valence electrons. The lowest BCUT2D eigenvalue weighted by Crippen LogP contribution is -2.61. The van der Waals surface area contributed by atoms with Gasteiger partial charge in [-0.2, -0.15) is 0 Å². The van der Waals surface area contributed by atoms with Gasteiger partial charge in [-0.15, -0.1) is 0 Å². The maximum absolute atomic E-state index is 5.51. The van der Waals surface area contributed by atoms with E-state index < -0.39 is 0 Å². The molecule has 1 aromatic rings. The predicted octanol–water partition coefficient (Wildman–Crippen LogP) is 3.23. The van der Waals surface area contributed by atoms with Gasteiger partial charge < -0.3 is 10.1 Å². The third-order valence-corrected chi connectivity index (χ3v) is 5.05. The van der Waals surface area contributed by atoms with Crippen LogP contribution < -0.4 is 5.32 Å². The standard InChI is InChI=1S/C18H30N2O/c1-5-18(6-2)14-20(13-15(3)21-4)17(12-19-18)16-10-8-7-9-11-16/h7-11,15,17,19H,5-6,12-14H2,1-4H3. The Bertz CT molecular complexity index is 416. The molecule has 0 saturated carbocycles. The first-order chi connectivity index (χ1) is 10.1. The third-order valence-electron chi connectivity index (χ3n) is 5.05. The SMILES string of the molecule is CCC1(CC)CN(CC(C)OC)C(c2ccccc2)CN1. The van der Waals surface area contributed by atoms with Crippen LogP contribution in [0.25, 0.3) is 0 Å². The quantitative estimate of drug-likeness (QED) is 0.870. The van der Waals surface area contributed by atoms with Crippen LogP contribution in [0.15, 0.2) is 30.3 Å². The van der Waals surface area contributed by atoms with Crippen LogP contribution in [0.5, 0.6) is 0 Å². The first kappa shape index (κ1) is 16.5. The largest absolute Gasteiger partial charge is 0.380 e. The molecular formula is C18H30N2O. The van der Waals surface area contributed by atoms with Crippen molar-refractivity contribution in [3.8, 4) is 0 Å². The van der Waals surface area contributed by atoms with Gasteiger partial charge in [0.1, 0.15) is 0 Å². The zero-order valence-corrected chi connectivity index (χ0v) is 13.9. The number of benzene rings is 1. The van der Waals surface area contributed by atoms with Gasteiger partial charge in [-0.25, -0.2) is 0 Å². The molecular weight excluding hydrogens is 260 g/mol. The predicted molar refractivity (Wildman–Crippen MR) is 88.5 cm³/mol. The monoisotopic (exact) mass is 290 g/mol. The van der Waals surface area contributed by atoms with Gasteiger partial charge in [-0.3, -0.25) is 4.90 Å². The van der Waals surface area contributed by atoms with Crippen molar-refractivity contribution in [2.75, 3.05) is 26.7 Å². The molecule has 0 spiro atoms. The third kappa shape index (κ3) is 3.85. The Morgan fingerprint density at radius 2 is 1.95 bits per heavy atom. The number of hydrogen-bond acceptors (Lipinski definition) is 3. The molecule has 1 aliphatic heterocycles. The van der Waals surface area contributed by atoms with E-state index in [4.69, 9.17) is 4.74 Å². The Morgan fingerprint density at radius 3 is 2.52 bits per heavy atom. The molecule has 1 saturated heterocycles. The molecule has 0 radical (unpaired) electrons. The first-order valence-electron chi connectivity index (χ1n) is 8.21. The Balaban J connectivity index is 2.19. The van der Waals surface area contributed by atoms with Gasteiger partial charge >= 0.3 is 0 Å². The van der Waals surface area contributed by atoms with Crippen molar-refractivity contribution >= 4 is 0 Å². The molecule has 0 amide bonds. The summed E-state index contributed by atoms with van der Waals surface area (Å²) in [5, 5.41) is 3.82. The summed E-state index contributed by atoms with van der Waals surface area (Å²) in [5.41, 5.74) is 1.65. The number of rotatable bonds is 6. The summed E-state index contributed by atoms with van der Waals surface area (Å²) in [6.07, 6.45) is 2.60. The maximum atomic E-state index is 5.51. The van der Waals surface area contributed by atoms with E-state index in [1.165, 1.54) is 18.4 Å². The Kier molecular flexibility index (Phi) is 5.80. The van der Waals surface area contributed by atoms with Crippen LogP contribution in [-0.2, 0) is 4.74 Å². The Morgan fingerprint density at radius 1 is 1.29 bits per heavy atom. The van der Waals surface area contributed by atoms with E-state index in [9.17, 15) is 0 Å².